The molecule has 0 radical (unpaired) electrons. The highest BCUT2D eigenvalue weighted by molar-refractivity contribution is 5.92. The molecule has 0 atom stereocenters. The molecule has 0 fully saturated rings. The van der Waals surface area contributed by atoms with Crippen molar-refractivity contribution in [3.63, 3.8) is 0 Å². The van der Waals surface area contributed by atoms with E-state index in [-0.39, 0.29) is 17.7 Å². The van der Waals surface area contributed by atoms with Gasteiger partial charge in [-0.3, -0.25) is 5.84 Å². The van der Waals surface area contributed by atoms with Gasteiger partial charge in [0, 0.05) is 13.2 Å². The first-order valence-corrected chi connectivity index (χ1v) is 5.01. The van der Waals surface area contributed by atoms with Crippen molar-refractivity contribution in [2.24, 2.45) is 5.84 Å². The molecule has 3 N–H and O–H groups in total. The molecule has 7 heteroatoms. The predicted octanol–water partition coefficient (Wildman–Crippen LogP) is 2.08. The Balaban J connectivity index is 2.83. The number of benzene rings is 1. The number of nitrogens with zero attached hydrogens (tertiary/aromatic N) is 1. The van der Waals surface area contributed by atoms with Gasteiger partial charge in [0.05, 0.1) is 23.4 Å². The highest BCUT2D eigenvalue weighted by atomic mass is 19.2. The van der Waals surface area contributed by atoms with Crippen LogP contribution in [0.2, 0.25) is 0 Å². The van der Waals surface area contributed by atoms with E-state index in [1.807, 2.05) is 0 Å². The van der Waals surface area contributed by atoms with Gasteiger partial charge in [-0.25, -0.2) is 18.2 Å². The lowest BCUT2D eigenvalue weighted by Crippen LogP contribution is -2.10. The number of ether oxygens (including phenoxy) is 1. The number of halogens is 3. The first-order chi connectivity index (χ1) is 8.58. The third kappa shape index (κ3) is 1.98. The number of hydrogen-bond donors (Lipinski definition) is 2. The molecule has 0 spiro atoms. The van der Waals surface area contributed by atoms with Crippen molar-refractivity contribution in [2.75, 3.05) is 12.5 Å². The summed E-state index contributed by atoms with van der Waals surface area (Å²) in [5.41, 5.74) is 2.23. The van der Waals surface area contributed by atoms with Crippen LogP contribution in [-0.4, -0.2) is 12.1 Å². The van der Waals surface area contributed by atoms with E-state index >= 15 is 0 Å². The first kappa shape index (κ1) is 12.6. The summed E-state index contributed by atoms with van der Waals surface area (Å²) in [7, 11) is 1.42. The molecule has 0 unspecified atom stereocenters. The second-order valence-electron chi connectivity index (χ2n) is 3.62. The lowest BCUT2D eigenvalue weighted by molar-refractivity contribution is 0.182. The van der Waals surface area contributed by atoms with Gasteiger partial charge < -0.3 is 10.2 Å². The number of hydrogen-bond acceptors (Lipinski definition) is 4. The average molecular weight is 257 g/mol. The number of fused-ring (bicyclic) bond motifs is 1. The summed E-state index contributed by atoms with van der Waals surface area (Å²) < 4.78 is 45.2. The van der Waals surface area contributed by atoms with Crippen molar-refractivity contribution in [3.05, 3.63) is 35.3 Å². The minimum absolute atomic E-state index is 0.0716. The summed E-state index contributed by atoms with van der Waals surface area (Å²) in [6.45, 7) is 0.0716. The van der Waals surface area contributed by atoms with E-state index in [1.54, 1.807) is 0 Å². The van der Waals surface area contributed by atoms with Crippen molar-refractivity contribution in [2.45, 2.75) is 6.61 Å². The fraction of sp³-hybridized carbons (Fsp3) is 0.182. The molecule has 0 saturated heterocycles. The molecule has 1 heterocycles. The van der Waals surface area contributed by atoms with Gasteiger partial charge in [0.1, 0.15) is 11.3 Å². The van der Waals surface area contributed by atoms with Gasteiger partial charge in [-0.15, -0.1) is 0 Å². The lowest BCUT2D eigenvalue weighted by Gasteiger charge is -2.10. The SMILES string of the molecule is COCc1cc(NN)c2c(F)cc(F)c(F)c2n1. The lowest BCUT2D eigenvalue weighted by atomic mass is 10.1. The van der Waals surface area contributed by atoms with Crippen LogP contribution in [0.4, 0.5) is 18.9 Å². The molecule has 18 heavy (non-hydrogen) atoms. The Kier molecular flexibility index (Phi) is 3.35. The van der Waals surface area contributed by atoms with Crippen molar-refractivity contribution in [1.82, 2.24) is 4.98 Å². The number of methoxy groups -OCH3 is 1. The number of aromatic nitrogens is 1. The van der Waals surface area contributed by atoms with E-state index < -0.39 is 23.0 Å². The Hall–Kier alpha value is -1.86. The molecule has 0 amide bonds. The number of rotatable bonds is 3. The summed E-state index contributed by atoms with van der Waals surface area (Å²) in [5, 5.41) is -0.198. The number of nitrogens with one attached hydrogen (secondary N) is 1. The predicted molar refractivity (Wildman–Crippen MR) is 60.1 cm³/mol. The molecule has 2 rings (SSSR count). The van der Waals surface area contributed by atoms with Crippen LogP contribution >= 0.6 is 0 Å². The first-order valence-electron chi connectivity index (χ1n) is 5.01. The third-order valence-corrected chi connectivity index (χ3v) is 2.43. The maximum absolute atomic E-state index is 13.6. The normalized spacial score (nSPS) is 10.9. The second kappa shape index (κ2) is 4.79. The highest BCUT2D eigenvalue weighted by Gasteiger charge is 2.17. The maximum atomic E-state index is 13.6. The Morgan fingerprint density at radius 2 is 2.00 bits per heavy atom. The summed E-state index contributed by atoms with van der Waals surface area (Å²) in [5.74, 6) is 1.78. The monoisotopic (exact) mass is 257 g/mol. The Morgan fingerprint density at radius 3 is 2.61 bits per heavy atom. The van der Waals surface area contributed by atoms with Crippen LogP contribution in [0, 0.1) is 17.5 Å². The van der Waals surface area contributed by atoms with Crippen LogP contribution < -0.4 is 11.3 Å². The fourth-order valence-electron chi connectivity index (χ4n) is 1.69. The molecule has 96 valence electrons. The zero-order valence-corrected chi connectivity index (χ0v) is 9.43. The van der Waals surface area contributed by atoms with E-state index in [0.717, 1.165) is 0 Å². The Bertz CT molecular complexity index is 604. The molecule has 2 aromatic rings. The van der Waals surface area contributed by atoms with E-state index in [1.165, 1.54) is 13.2 Å². The third-order valence-electron chi connectivity index (χ3n) is 2.43. The van der Waals surface area contributed by atoms with Gasteiger partial charge in [0.25, 0.3) is 0 Å². The van der Waals surface area contributed by atoms with E-state index in [2.05, 4.69) is 10.4 Å². The molecule has 0 aliphatic heterocycles. The smallest absolute Gasteiger partial charge is 0.185 e. The van der Waals surface area contributed by atoms with Crippen molar-refractivity contribution >= 4 is 16.6 Å². The molecule has 4 nitrogen and oxygen atoms in total. The summed E-state index contributed by atoms with van der Waals surface area (Å²) in [6, 6.07) is 1.86. The quantitative estimate of drug-likeness (QED) is 0.502. The minimum atomic E-state index is -1.30. The van der Waals surface area contributed by atoms with Crippen LogP contribution in [0.15, 0.2) is 12.1 Å². The average Bonchev–Trinajstić information content (AvgIpc) is 2.35. The van der Waals surface area contributed by atoms with E-state index in [0.29, 0.717) is 11.8 Å². The van der Waals surface area contributed by atoms with Gasteiger partial charge >= 0.3 is 0 Å². The number of hydrazine groups is 1. The topological polar surface area (TPSA) is 60.2 Å². The van der Waals surface area contributed by atoms with Gasteiger partial charge in [0.15, 0.2) is 11.6 Å². The molecule has 0 bridgehead atoms. The van der Waals surface area contributed by atoms with Crippen LogP contribution in [0.5, 0.6) is 0 Å². The highest BCUT2D eigenvalue weighted by Crippen LogP contribution is 2.29. The van der Waals surface area contributed by atoms with Crippen molar-refractivity contribution in [1.29, 1.82) is 0 Å². The molecular weight excluding hydrogens is 247 g/mol. The summed E-state index contributed by atoms with van der Waals surface area (Å²) >= 11 is 0. The molecule has 0 aliphatic carbocycles. The second-order valence-corrected chi connectivity index (χ2v) is 3.62. The minimum Gasteiger partial charge on any atom is -0.378 e. The van der Waals surface area contributed by atoms with Crippen LogP contribution in [0.3, 0.4) is 0 Å². The summed E-state index contributed by atoms with van der Waals surface area (Å²) in [6.07, 6.45) is 0. The molecule has 0 saturated carbocycles. The van der Waals surface area contributed by atoms with E-state index in [4.69, 9.17) is 10.6 Å². The van der Waals surface area contributed by atoms with Crippen LogP contribution in [-0.2, 0) is 11.3 Å². The van der Waals surface area contributed by atoms with E-state index in [9.17, 15) is 13.2 Å². The standard InChI is InChI=1S/C11H10F3N3O/c1-18-4-5-2-8(17-15)9-6(12)3-7(13)10(14)11(9)16-5/h2-3H,4,15H2,1H3,(H,16,17). The molecule has 0 aliphatic rings. The van der Waals surface area contributed by atoms with Crippen LogP contribution in [0.1, 0.15) is 5.69 Å². The molecule has 1 aromatic carbocycles. The zero-order chi connectivity index (χ0) is 13.3. The zero-order valence-electron chi connectivity index (χ0n) is 9.43. The number of anilines is 1. The van der Waals surface area contributed by atoms with Gasteiger partial charge in [0.2, 0.25) is 0 Å². The molecule has 1 aromatic heterocycles. The number of nitrogen functional groups attached to an aromatic ring is 1. The van der Waals surface area contributed by atoms with Crippen molar-refractivity contribution in [3.8, 4) is 0 Å². The van der Waals surface area contributed by atoms with Crippen molar-refractivity contribution < 1.29 is 17.9 Å². The largest absolute Gasteiger partial charge is 0.378 e. The maximum Gasteiger partial charge on any atom is 0.185 e. The van der Waals surface area contributed by atoms with Gasteiger partial charge in [-0.2, -0.15) is 0 Å². The Morgan fingerprint density at radius 1 is 1.28 bits per heavy atom. The fourth-order valence-corrected chi connectivity index (χ4v) is 1.69. The number of pyridine rings is 1. The van der Waals surface area contributed by atoms with Gasteiger partial charge in [-0.05, 0) is 6.07 Å². The van der Waals surface area contributed by atoms with Gasteiger partial charge in [-0.1, -0.05) is 0 Å². The van der Waals surface area contributed by atoms with Crippen LogP contribution in [0.25, 0.3) is 10.9 Å². The Labute approximate surface area is 101 Å². The number of nitrogens with two attached hydrogens (primary N) is 1. The summed E-state index contributed by atoms with van der Waals surface area (Å²) in [4.78, 5) is 3.82. The molecular formula is C11H10F3N3O.